The van der Waals surface area contributed by atoms with Gasteiger partial charge >= 0.3 is 0 Å². The van der Waals surface area contributed by atoms with Gasteiger partial charge in [-0.25, -0.2) is 9.97 Å². The van der Waals surface area contributed by atoms with Gasteiger partial charge in [0.1, 0.15) is 5.82 Å². The molecule has 0 radical (unpaired) electrons. The summed E-state index contributed by atoms with van der Waals surface area (Å²) < 4.78 is 0. The van der Waals surface area contributed by atoms with E-state index in [4.69, 9.17) is 9.97 Å². The molecular weight excluding hydrogens is 348 g/mol. The van der Waals surface area contributed by atoms with Gasteiger partial charge in [0.15, 0.2) is 5.82 Å². The molecule has 0 aromatic carbocycles. The normalized spacial score (nSPS) is 22.2. The smallest absolute Gasteiger partial charge is 0.162 e. The highest BCUT2D eigenvalue weighted by Gasteiger charge is 2.42. The molecule has 6 heteroatoms. The number of fused-ring (bicyclic) bond motifs is 1. The Morgan fingerprint density at radius 2 is 1.75 bits per heavy atom. The maximum Gasteiger partial charge on any atom is 0.162 e. The molecule has 6 nitrogen and oxygen atoms in total. The van der Waals surface area contributed by atoms with E-state index in [1.807, 2.05) is 30.6 Å². The third-order valence-corrected chi connectivity index (χ3v) is 6.61. The van der Waals surface area contributed by atoms with Crippen LogP contribution in [0.2, 0.25) is 0 Å². The van der Waals surface area contributed by atoms with Crippen LogP contribution in [0.25, 0.3) is 22.3 Å². The SMILES string of the molecule is CC1CC2(CCN(c3nc(-c4ccncc4)nc4cnccc34)CC2)CN1C. The summed E-state index contributed by atoms with van der Waals surface area (Å²) in [4.78, 5) is 23.1. The quantitative estimate of drug-likeness (QED) is 0.685. The zero-order chi connectivity index (χ0) is 19.1. The van der Waals surface area contributed by atoms with Crippen LogP contribution in [0, 0.1) is 5.41 Å². The van der Waals surface area contributed by atoms with Gasteiger partial charge < -0.3 is 9.80 Å². The van der Waals surface area contributed by atoms with Gasteiger partial charge in [0.05, 0.1) is 11.7 Å². The second-order valence-electron chi connectivity index (χ2n) is 8.45. The molecule has 0 aliphatic carbocycles. The molecule has 2 aliphatic heterocycles. The van der Waals surface area contributed by atoms with Gasteiger partial charge in [-0.05, 0) is 56.8 Å². The molecule has 3 aromatic rings. The largest absolute Gasteiger partial charge is 0.356 e. The summed E-state index contributed by atoms with van der Waals surface area (Å²) in [5.41, 5.74) is 2.36. The monoisotopic (exact) mass is 374 g/mol. The van der Waals surface area contributed by atoms with Crippen LogP contribution < -0.4 is 4.90 Å². The molecule has 5 heterocycles. The van der Waals surface area contributed by atoms with E-state index >= 15 is 0 Å². The zero-order valence-corrected chi connectivity index (χ0v) is 16.5. The number of likely N-dealkylation sites (tertiary alicyclic amines) is 1. The molecule has 0 amide bonds. The average Bonchev–Trinajstić information content (AvgIpc) is 3.01. The lowest BCUT2D eigenvalue weighted by atomic mass is 9.76. The Morgan fingerprint density at radius 1 is 1.00 bits per heavy atom. The van der Waals surface area contributed by atoms with Crippen molar-refractivity contribution in [3.05, 3.63) is 43.0 Å². The van der Waals surface area contributed by atoms with Gasteiger partial charge in [0.25, 0.3) is 0 Å². The van der Waals surface area contributed by atoms with E-state index in [0.717, 1.165) is 41.2 Å². The van der Waals surface area contributed by atoms with E-state index in [1.54, 1.807) is 12.4 Å². The van der Waals surface area contributed by atoms with E-state index in [1.165, 1.54) is 25.8 Å². The van der Waals surface area contributed by atoms with Crippen molar-refractivity contribution in [3.8, 4) is 11.4 Å². The molecule has 2 aliphatic rings. The van der Waals surface area contributed by atoms with E-state index in [2.05, 4.69) is 33.7 Å². The predicted molar refractivity (Wildman–Crippen MR) is 111 cm³/mol. The lowest BCUT2D eigenvalue weighted by Crippen LogP contribution is -2.41. The summed E-state index contributed by atoms with van der Waals surface area (Å²) in [6.45, 7) is 5.67. The van der Waals surface area contributed by atoms with E-state index in [-0.39, 0.29) is 0 Å². The Bertz CT molecular complexity index is 969. The maximum absolute atomic E-state index is 4.99. The summed E-state index contributed by atoms with van der Waals surface area (Å²) in [6.07, 6.45) is 11.0. The van der Waals surface area contributed by atoms with Gasteiger partial charge in [-0.1, -0.05) is 0 Å². The molecule has 2 saturated heterocycles. The summed E-state index contributed by atoms with van der Waals surface area (Å²) >= 11 is 0. The Hall–Kier alpha value is -2.60. The second-order valence-corrected chi connectivity index (χ2v) is 8.45. The zero-order valence-electron chi connectivity index (χ0n) is 16.5. The number of hydrogen-bond donors (Lipinski definition) is 0. The van der Waals surface area contributed by atoms with Gasteiger partial charge in [0.2, 0.25) is 0 Å². The van der Waals surface area contributed by atoms with Crippen molar-refractivity contribution < 1.29 is 0 Å². The summed E-state index contributed by atoms with van der Waals surface area (Å²) in [5, 5.41) is 1.08. The Kier molecular flexibility index (Phi) is 4.23. The molecule has 2 fully saturated rings. The molecule has 0 bridgehead atoms. The van der Waals surface area contributed by atoms with Crippen molar-refractivity contribution in [1.82, 2.24) is 24.8 Å². The third-order valence-electron chi connectivity index (χ3n) is 6.61. The molecule has 28 heavy (non-hydrogen) atoms. The van der Waals surface area contributed by atoms with Crippen molar-refractivity contribution in [2.45, 2.75) is 32.2 Å². The van der Waals surface area contributed by atoms with Crippen LogP contribution in [-0.4, -0.2) is 57.6 Å². The van der Waals surface area contributed by atoms with E-state index in [0.29, 0.717) is 11.5 Å². The van der Waals surface area contributed by atoms with Crippen LogP contribution in [0.15, 0.2) is 43.0 Å². The highest BCUT2D eigenvalue weighted by Crippen LogP contribution is 2.43. The summed E-state index contributed by atoms with van der Waals surface area (Å²) in [5.74, 6) is 1.78. The molecule has 3 aromatic heterocycles. The topological polar surface area (TPSA) is 58.0 Å². The van der Waals surface area contributed by atoms with E-state index in [9.17, 15) is 0 Å². The molecule has 144 valence electrons. The Balaban J connectivity index is 1.49. The van der Waals surface area contributed by atoms with Gasteiger partial charge in [-0.15, -0.1) is 0 Å². The Labute approximate surface area is 165 Å². The number of hydrogen-bond acceptors (Lipinski definition) is 6. The molecule has 0 N–H and O–H groups in total. The van der Waals surface area contributed by atoms with Crippen molar-refractivity contribution in [2.24, 2.45) is 5.41 Å². The highest BCUT2D eigenvalue weighted by atomic mass is 15.2. The number of aromatic nitrogens is 4. The summed E-state index contributed by atoms with van der Waals surface area (Å²) in [7, 11) is 2.26. The fraction of sp³-hybridized carbons (Fsp3) is 0.455. The Morgan fingerprint density at radius 3 is 2.46 bits per heavy atom. The summed E-state index contributed by atoms with van der Waals surface area (Å²) in [6, 6.07) is 6.65. The van der Waals surface area contributed by atoms with Crippen molar-refractivity contribution >= 4 is 16.7 Å². The molecule has 1 spiro atoms. The first-order valence-electron chi connectivity index (χ1n) is 10.1. The predicted octanol–water partition coefficient (Wildman–Crippen LogP) is 3.40. The first-order chi connectivity index (χ1) is 13.6. The van der Waals surface area contributed by atoms with Crippen molar-refractivity contribution in [2.75, 3.05) is 31.6 Å². The van der Waals surface area contributed by atoms with Gasteiger partial charge in [-0.3, -0.25) is 9.97 Å². The molecule has 5 rings (SSSR count). The minimum Gasteiger partial charge on any atom is -0.356 e. The number of nitrogens with zero attached hydrogens (tertiary/aromatic N) is 6. The van der Waals surface area contributed by atoms with Crippen molar-refractivity contribution in [3.63, 3.8) is 0 Å². The second kappa shape index (κ2) is 6.78. The minimum atomic E-state index is 0.475. The maximum atomic E-state index is 4.99. The molecule has 0 saturated carbocycles. The van der Waals surface area contributed by atoms with Gasteiger partial charge in [0, 0.05) is 55.2 Å². The average molecular weight is 374 g/mol. The van der Waals surface area contributed by atoms with Gasteiger partial charge in [-0.2, -0.15) is 0 Å². The van der Waals surface area contributed by atoms with Crippen LogP contribution >= 0.6 is 0 Å². The number of rotatable bonds is 2. The highest BCUT2D eigenvalue weighted by molar-refractivity contribution is 5.90. The number of pyridine rings is 2. The number of piperidine rings is 1. The first kappa shape index (κ1) is 17.5. The van der Waals surface area contributed by atoms with Crippen LogP contribution in [-0.2, 0) is 0 Å². The van der Waals surface area contributed by atoms with Crippen LogP contribution in [0.1, 0.15) is 26.2 Å². The lowest BCUT2D eigenvalue weighted by molar-refractivity contribution is 0.221. The minimum absolute atomic E-state index is 0.475. The van der Waals surface area contributed by atoms with Crippen LogP contribution in [0.3, 0.4) is 0 Å². The van der Waals surface area contributed by atoms with E-state index < -0.39 is 0 Å². The standard InChI is InChI=1S/C22H26N6/c1-16-13-22(15-27(16)2)6-11-28(12-7-22)21-18-5-10-24-14-19(18)25-20(26-21)17-3-8-23-9-4-17/h3-5,8-10,14,16H,6-7,11-13,15H2,1-2H3. The first-order valence-corrected chi connectivity index (χ1v) is 10.1. The third kappa shape index (κ3) is 3.02. The number of anilines is 1. The molecular formula is C22H26N6. The molecule has 1 unspecified atom stereocenters. The molecule has 1 atom stereocenters. The fourth-order valence-corrected chi connectivity index (χ4v) is 4.92. The van der Waals surface area contributed by atoms with Crippen LogP contribution in [0.5, 0.6) is 0 Å². The fourth-order valence-electron chi connectivity index (χ4n) is 4.92. The lowest BCUT2D eigenvalue weighted by Gasteiger charge is -2.40. The van der Waals surface area contributed by atoms with Crippen molar-refractivity contribution in [1.29, 1.82) is 0 Å². The van der Waals surface area contributed by atoms with Crippen LogP contribution in [0.4, 0.5) is 5.82 Å².